The fourth-order valence-electron chi connectivity index (χ4n) is 1.80. The lowest BCUT2D eigenvalue weighted by atomic mass is 10.1. The Hall–Kier alpha value is -1.44. The fourth-order valence-corrected chi connectivity index (χ4v) is 1.80. The monoisotopic (exact) mass is 262 g/mol. The summed E-state index contributed by atoms with van der Waals surface area (Å²) in [5, 5.41) is 0. The average molecular weight is 262 g/mol. The maximum Gasteiger partial charge on any atom is 0.164 e. The zero-order valence-electron chi connectivity index (χ0n) is 12.3. The molecule has 0 spiro atoms. The molecule has 0 aliphatic carbocycles. The van der Waals surface area contributed by atoms with Gasteiger partial charge < -0.3 is 9.47 Å². The van der Waals surface area contributed by atoms with Gasteiger partial charge in [-0.2, -0.15) is 0 Å². The zero-order valence-corrected chi connectivity index (χ0v) is 12.3. The largest absolute Gasteiger partial charge is 0.490 e. The molecule has 0 bridgehead atoms. The molecule has 0 aromatic heterocycles. The van der Waals surface area contributed by atoms with E-state index in [1.54, 1.807) is 0 Å². The van der Waals surface area contributed by atoms with E-state index in [0.29, 0.717) is 0 Å². The number of hydrogen-bond donors (Lipinski definition) is 0. The molecule has 1 rings (SSSR count). The van der Waals surface area contributed by atoms with Crippen LogP contribution in [0.25, 0.3) is 0 Å². The van der Waals surface area contributed by atoms with E-state index < -0.39 is 0 Å². The van der Waals surface area contributed by atoms with Gasteiger partial charge in [-0.05, 0) is 25.3 Å². The van der Waals surface area contributed by atoms with Crippen molar-refractivity contribution >= 4 is 0 Å². The van der Waals surface area contributed by atoms with Gasteiger partial charge >= 0.3 is 0 Å². The van der Waals surface area contributed by atoms with Crippen LogP contribution in [0.15, 0.2) is 30.9 Å². The Kier molecular flexibility index (Phi) is 7.80. The Morgan fingerprint density at radius 2 is 1.74 bits per heavy atom. The highest BCUT2D eigenvalue weighted by atomic mass is 16.5. The van der Waals surface area contributed by atoms with Crippen molar-refractivity contribution < 1.29 is 9.47 Å². The summed E-state index contributed by atoms with van der Waals surface area (Å²) in [7, 11) is 0. The predicted octanol–water partition coefficient (Wildman–Crippen LogP) is 4.77. The van der Waals surface area contributed by atoms with Gasteiger partial charge in [0.25, 0.3) is 0 Å². The van der Waals surface area contributed by atoms with E-state index in [1.807, 2.05) is 18.2 Å². The van der Waals surface area contributed by atoms with Crippen molar-refractivity contribution in [1.82, 2.24) is 0 Å². The van der Waals surface area contributed by atoms with Gasteiger partial charge in [0.05, 0.1) is 13.2 Å². The summed E-state index contributed by atoms with van der Waals surface area (Å²) >= 11 is 0. The molecule has 0 fully saturated rings. The van der Waals surface area contributed by atoms with E-state index in [0.717, 1.165) is 62.4 Å². The number of para-hydroxylation sites is 1. The highest BCUT2D eigenvalue weighted by Gasteiger charge is 2.10. The van der Waals surface area contributed by atoms with Gasteiger partial charge in [-0.15, -0.1) is 6.58 Å². The van der Waals surface area contributed by atoms with Crippen LogP contribution in [0.3, 0.4) is 0 Å². The van der Waals surface area contributed by atoms with Crippen LogP contribution < -0.4 is 9.47 Å². The third-order valence-electron chi connectivity index (χ3n) is 2.92. The van der Waals surface area contributed by atoms with E-state index in [1.165, 1.54) is 0 Å². The quantitative estimate of drug-likeness (QED) is 0.446. The summed E-state index contributed by atoms with van der Waals surface area (Å²) in [4.78, 5) is 0. The van der Waals surface area contributed by atoms with Gasteiger partial charge in [0.2, 0.25) is 0 Å². The maximum atomic E-state index is 5.92. The second kappa shape index (κ2) is 9.48. The molecule has 2 heteroatoms. The molecule has 0 unspecified atom stereocenters. The summed E-state index contributed by atoms with van der Waals surface area (Å²) in [6.07, 6.45) is 7.12. The number of allylic oxidation sites excluding steroid dienone is 1. The average Bonchev–Trinajstić information content (AvgIpc) is 2.42. The van der Waals surface area contributed by atoms with Crippen LogP contribution in [-0.4, -0.2) is 13.2 Å². The number of rotatable bonds is 10. The summed E-state index contributed by atoms with van der Waals surface area (Å²) in [5.41, 5.74) is 1.15. The first-order chi connectivity index (χ1) is 9.33. The highest BCUT2D eigenvalue weighted by Crippen LogP contribution is 2.32. The smallest absolute Gasteiger partial charge is 0.164 e. The minimum absolute atomic E-state index is 0.745. The second-order valence-electron chi connectivity index (χ2n) is 4.64. The molecule has 0 saturated heterocycles. The van der Waals surface area contributed by atoms with Crippen LogP contribution in [-0.2, 0) is 6.42 Å². The van der Waals surface area contributed by atoms with E-state index in [2.05, 4.69) is 26.5 Å². The molecule has 1 aromatic carbocycles. The predicted molar refractivity (Wildman–Crippen MR) is 81.1 cm³/mol. The summed E-state index contributed by atoms with van der Waals surface area (Å²) in [6.45, 7) is 9.62. The van der Waals surface area contributed by atoms with Crippen LogP contribution in [0.5, 0.6) is 11.5 Å². The van der Waals surface area contributed by atoms with Crippen molar-refractivity contribution in [2.75, 3.05) is 13.2 Å². The number of hydrogen-bond acceptors (Lipinski definition) is 2. The molecule has 2 nitrogen and oxygen atoms in total. The fraction of sp³-hybridized carbons (Fsp3) is 0.529. The van der Waals surface area contributed by atoms with Crippen molar-refractivity contribution in [3.05, 3.63) is 36.4 Å². The minimum atomic E-state index is 0.745. The molecule has 0 radical (unpaired) electrons. The normalized spacial score (nSPS) is 10.2. The zero-order chi connectivity index (χ0) is 13.9. The van der Waals surface area contributed by atoms with E-state index >= 15 is 0 Å². The Balaban J connectivity index is 2.79. The Morgan fingerprint density at radius 3 is 2.37 bits per heavy atom. The van der Waals surface area contributed by atoms with Crippen molar-refractivity contribution in [1.29, 1.82) is 0 Å². The lowest BCUT2D eigenvalue weighted by molar-refractivity contribution is 0.260. The summed E-state index contributed by atoms with van der Waals surface area (Å²) in [5.74, 6) is 1.76. The first-order valence-corrected chi connectivity index (χ1v) is 7.31. The SMILES string of the molecule is C=CCc1cccc(OCCCC)c1OCCCC. The second-order valence-corrected chi connectivity index (χ2v) is 4.64. The number of benzene rings is 1. The standard InChI is InChI=1S/C17H26O2/c1-4-7-13-18-16-12-9-11-15(10-6-3)17(16)19-14-8-5-2/h6,9,11-12H,3-5,7-8,10,13-14H2,1-2H3. The van der Waals surface area contributed by atoms with Gasteiger partial charge in [0, 0.05) is 5.56 Å². The minimum Gasteiger partial charge on any atom is -0.490 e. The maximum absolute atomic E-state index is 5.92. The van der Waals surface area contributed by atoms with Gasteiger partial charge in [0.15, 0.2) is 11.5 Å². The number of ether oxygens (including phenoxy) is 2. The van der Waals surface area contributed by atoms with Crippen LogP contribution in [0.1, 0.15) is 45.1 Å². The van der Waals surface area contributed by atoms with Gasteiger partial charge in [-0.25, -0.2) is 0 Å². The van der Waals surface area contributed by atoms with Crippen LogP contribution in [0.4, 0.5) is 0 Å². The first kappa shape index (κ1) is 15.6. The molecule has 0 aliphatic heterocycles. The molecule has 106 valence electrons. The van der Waals surface area contributed by atoms with Gasteiger partial charge in [0.1, 0.15) is 0 Å². The first-order valence-electron chi connectivity index (χ1n) is 7.31. The summed E-state index contributed by atoms with van der Waals surface area (Å²) in [6, 6.07) is 6.09. The molecule has 0 N–H and O–H groups in total. The van der Waals surface area contributed by atoms with E-state index in [-0.39, 0.29) is 0 Å². The van der Waals surface area contributed by atoms with Crippen molar-refractivity contribution in [2.45, 2.75) is 46.0 Å². The molecule has 1 aromatic rings. The van der Waals surface area contributed by atoms with Crippen molar-refractivity contribution in [3.8, 4) is 11.5 Å². The Morgan fingerprint density at radius 1 is 1.05 bits per heavy atom. The molecular formula is C17H26O2. The van der Waals surface area contributed by atoms with Gasteiger partial charge in [-0.1, -0.05) is 44.9 Å². The third kappa shape index (κ3) is 5.37. The molecule has 0 amide bonds. The van der Waals surface area contributed by atoms with Crippen LogP contribution in [0, 0.1) is 0 Å². The van der Waals surface area contributed by atoms with E-state index in [4.69, 9.17) is 9.47 Å². The topological polar surface area (TPSA) is 18.5 Å². The molecule has 0 saturated carbocycles. The van der Waals surface area contributed by atoms with Crippen molar-refractivity contribution in [2.24, 2.45) is 0 Å². The van der Waals surface area contributed by atoms with Crippen LogP contribution >= 0.6 is 0 Å². The van der Waals surface area contributed by atoms with Crippen molar-refractivity contribution in [3.63, 3.8) is 0 Å². The Bertz CT molecular complexity index is 372. The number of unbranched alkanes of at least 4 members (excludes halogenated alkanes) is 2. The summed E-state index contributed by atoms with van der Waals surface area (Å²) < 4.78 is 11.8. The van der Waals surface area contributed by atoms with Crippen LogP contribution in [0.2, 0.25) is 0 Å². The lowest BCUT2D eigenvalue weighted by Gasteiger charge is -2.15. The molecular weight excluding hydrogens is 236 g/mol. The molecule has 0 heterocycles. The molecule has 0 atom stereocenters. The lowest BCUT2D eigenvalue weighted by Crippen LogP contribution is -2.04. The highest BCUT2D eigenvalue weighted by molar-refractivity contribution is 5.47. The Labute approximate surface area is 117 Å². The van der Waals surface area contributed by atoms with Gasteiger partial charge in [-0.3, -0.25) is 0 Å². The van der Waals surface area contributed by atoms with E-state index in [9.17, 15) is 0 Å². The molecule has 19 heavy (non-hydrogen) atoms. The molecule has 0 aliphatic rings. The third-order valence-corrected chi connectivity index (χ3v) is 2.92.